The molecule has 2 N–H and O–H groups in total. The molecular formula is C23H25ClN2O2. The summed E-state index contributed by atoms with van der Waals surface area (Å²) in [6, 6.07) is 14.2. The summed E-state index contributed by atoms with van der Waals surface area (Å²) in [7, 11) is 0. The molecule has 0 unspecified atom stereocenters. The third-order valence-electron chi connectivity index (χ3n) is 5.69. The van der Waals surface area contributed by atoms with E-state index >= 15 is 0 Å². The van der Waals surface area contributed by atoms with Gasteiger partial charge in [-0.1, -0.05) is 54.3 Å². The van der Waals surface area contributed by atoms with E-state index in [0.717, 1.165) is 53.5 Å². The Labute approximate surface area is 171 Å². The fourth-order valence-corrected chi connectivity index (χ4v) is 4.38. The molecule has 0 spiro atoms. The van der Waals surface area contributed by atoms with Gasteiger partial charge in [0, 0.05) is 23.5 Å². The normalized spacial score (nSPS) is 15.1. The lowest BCUT2D eigenvalue weighted by Gasteiger charge is -2.12. The monoisotopic (exact) mass is 398 g/mol. The van der Waals surface area contributed by atoms with Crippen LogP contribution < -0.4 is 5.32 Å². The first-order chi connectivity index (χ1) is 14.1. The van der Waals surface area contributed by atoms with Gasteiger partial charge >= 0.3 is 0 Å². The van der Waals surface area contributed by atoms with Crippen LogP contribution in [-0.4, -0.2) is 17.0 Å². The first-order valence-corrected chi connectivity index (χ1v) is 10.2. The minimum absolute atomic E-state index is 0.0896. The predicted octanol–water partition coefficient (Wildman–Crippen LogP) is 5.27. The van der Waals surface area contributed by atoms with Crippen molar-refractivity contribution in [2.75, 3.05) is 5.32 Å². The van der Waals surface area contributed by atoms with Crippen molar-refractivity contribution in [2.24, 2.45) is 5.92 Å². The van der Waals surface area contributed by atoms with Crippen molar-refractivity contribution in [3.05, 3.63) is 64.3 Å². The Balaban J connectivity index is 1.68. The second-order valence-corrected chi connectivity index (χ2v) is 8.06. The van der Waals surface area contributed by atoms with E-state index in [-0.39, 0.29) is 18.4 Å². The number of rotatable bonds is 6. The van der Waals surface area contributed by atoms with Gasteiger partial charge in [0.05, 0.1) is 22.8 Å². The molecule has 0 aliphatic heterocycles. The van der Waals surface area contributed by atoms with Crippen LogP contribution in [0.2, 0.25) is 5.02 Å². The number of amides is 1. The highest BCUT2D eigenvalue weighted by atomic mass is 35.5. The minimum Gasteiger partial charge on any atom is -0.390 e. The Hall–Kier alpha value is -2.30. The molecule has 0 atom stereocenters. The molecule has 4 nitrogen and oxygen atoms in total. The van der Waals surface area contributed by atoms with E-state index in [1.165, 1.54) is 5.56 Å². The highest BCUT2D eigenvalue weighted by molar-refractivity contribution is 6.36. The van der Waals surface area contributed by atoms with Crippen molar-refractivity contribution < 1.29 is 9.90 Å². The van der Waals surface area contributed by atoms with Crippen molar-refractivity contribution in [3.8, 4) is 0 Å². The average molecular weight is 399 g/mol. The van der Waals surface area contributed by atoms with Crippen LogP contribution in [-0.2, 0) is 17.9 Å². The standard InChI is InChI=1S/C23H25ClN2O2/c1-15-6-8-16(9-7-15)13-26-20-11-10-18(12-19(20)22(24)21(26)14-27)25-23(28)17-4-2-3-5-17/h6-12,17,27H,2-5,13-14H2,1H3,(H,25,28)/i27T. The number of carbonyl (C=O) groups is 1. The number of fused-ring (bicyclic) bond motifs is 1. The number of hydrogen-bond donors (Lipinski definition) is 2. The number of aliphatic hydroxyl groups excluding tert-OH is 1. The Morgan fingerprint density at radius 2 is 2.00 bits per heavy atom. The number of aryl methyl sites for hydroxylation is 1. The maximum Gasteiger partial charge on any atom is 0.227 e. The topological polar surface area (TPSA) is 54.3 Å². The van der Waals surface area contributed by atoms with Crippen LogP contribution in [0.25, 0.3) is 10.9 Å². The minimum atomic E-state index is 0.0896. The van der Waals surface area contributed by atoms with Crippen molar-refractivity contribution in [1.29, 1.82) is 1.43 Å². The molecule has 28 heavy (non-hydrogen) atoms. The summed E-state index contributed by atoms with van der Waals surface area (Å²) in [5.41, 5.74) is 4.83. The number of carbonyl (C=O) groups excluding carboxylic acids is 1. The summed E-state index contributed by atoms with van der Waals surface area (Å²) in [4.78, 5) is 12.5. The summed E-state index contributed by atoms with van der Waals surface area (Å²) >= 11 is 6.67. The van der Waals surface area contributed by atoms with Gasteiger partial charge in [0.25, 0.3) is 0 Å². The molecule has 4 rings (SSSR count). The number of nitrogens with zero attached hydrogens (tertiary/aromatic N) is 1. The van der Waals surface area contributed by atoms with Gasteiger partial charge < -0.3 is 15.0 Å². The highest BCUT2D eigenvalue weighted by Crippen LogP contribution is 2.34. The molecule has 0 radical (unpaired) electrons. The number of aliphatic hydroxyl groups is 1. The SMILES string of the molecule is [3H]OCc1c(Cl)c2cc(NC(=O)C3CCCC3)ccc2n1Cc1ccc(C)cc1. The van der Waals surface area contributed by atoms with Gasteiger partial charge in [0.15, 0.2) is 0 Å². The maximum atomic E-state index is 12.5. The van der Waals surface area contributed by atoms with Gasteiger partial charge in [-0.15, -0.1) is 0 Å². The number of hydrogen-bond acceptors (Lipinski definition) is 2. The van der Waals surface area contributed by atoms with Crippen molar-refractivity contribution in [3.63, 3.8) is 0 Å². The van der Waals surface area contributed by atoms with Gasteiger partial charge in [-0.3, -0.25) is 4.79 Å². The van der Waals surface area contributed by atoms with E-state index in [0.29, 0.717) is 11.6 Å². The zero-order valence-electron chi connectivity index (χ0n) is 17.0. The molecule has 1 aromatic heterocycles. The summed E-state index contributed by atoms with van der Waals surface area (Å²) in [6.07, 6.45) is 4.18. The molecule has 1 aliphatic rings. The number of aromatic nitrogens is 1. The van der Waals surface area contributed by atoms with Crippen LogP contribution in [0.5, 0.6) is 0 Å². The van der Waals surface area contributed by atoms with Crippen molar-refractivity contribution in [1.82, 2.24) is 4.57 Å². The molecule has 1 saturated carbocycles. The fourth-order valence-electron chi connectivity index (χ4n) is 4.07. The van der Waals surface area contributed by atoms with E-state index in [4.69, 9.17) is 13.0 Å². The lowest BCUT2D eigenvalue weighted by atomic mass is 10.1. The lowest BCUT2D eigenvalue weighted by molar-refractivity contribution is -0.119. The number of benzene rings is 2. The second-order valence-electron chi connectivity index (χ2n) is 7.68. The van der Waals surface area contributed by atoms with Gasteiger partial charge in [-0.2, -0.15) is 0 Å². The van der Waals surface area contributed by atoms with Gasteiger partial charge in [-0.05, 0) is 43.5 Å². The molecule has 5 heteroatoms. The Kier molecular flexibility index (Phi) is 5.06. The van der Waals surface area contributed by atoms with Crippen LogP contribution in [0.1, 0.15) is 42.5 Å². The lowest BCUT2D eigenvalue weighted by Crippen LogP contribution is -2.20. The van der Waals surface area contributed by atoms with Gasteiger partial charge in [-0.25, -0.2) is 0 Å². The largest absolute Gasteiger partial charge is 0.390 e. The van der Waals surface area contributed by atoms with E-state index in [2.05, 4.69) is 46.2 Å². The first-order valence-electron chi connectivity index (χ1n) is 10.2. The van der Waals surface area contributed by atoms with Crippen LogP contribution in [0, 0.1) is 12.8 Å². The third-order valence-corrected chi connectivity index (χ3v) is 6.12. The Bertz CT molecular complexity index is 1020. The Morgan fingerprint density at radius 1 is 1.25 bits per heavy atom. The molecule has 146 valence electrons. The summed E-state index contributed by atoms with van der Waals surface area (Å²) < 4.78 is 9.30. The first kappa shape index (κ1) is 17.8. The fraction of sp³-hybridized carbons (Fsp3) is 0.348. The van der Waals surface area contributed by atoms with Crippen LogP contribution in [0.15, 0.2) is 42.5 Å². The average Bonchev–Trinajstić information content (AvgIpc) is 3.34. The molecule has 1 fully saturated rings. The van der Waals surface area contributed by atoms with Crippen molar-refractivity contribution >= 4 is 34.1 Å². The molecule has 3 aromatic rings. The molecule has 1 aliphatic carbocycles. The number of anilines is 1. The zero-order valence-corrected chi connectivity index (χ0v) is 16.8. The quantitative estimate of drug-likeness (QED) is 0.594. The van der Waals surface area contributed by atoms with E-state index in [9.17, 15) is 4.79 Å². The van der Waals surface area contributed by atoms with Gasteiger partial charge in [0.2, 0.25) is 7.34 Å². The van der Waals surface area contributed by atoms with E-state index in [1.54, 1.807) is 0 Å². The van der Waals surface area contributed by atoms with Crippen LogP contribution >= 0.6 is 11.6 Å². The molecular weight excluding hydrogens is 372 g/mol. The summed E-state index contributed by atoms with van der Waals surface area (Å²) in [5, 5.41) is 9.14. The highest BCUT2D eigenvalue weighted by Gasteiger charge is 2.23. The van der Waals surface area contributed by atoms with Crippen LogP contribution in [0.3, 0.4) is 0 Å². The molecule has 1 amide bonds. The van der Waals surface area contributed by atoms with E-state index < -0.39 is 0 Å². The maximum absolute atomic E-state index is 12.5. The summed E-state index contributed by atoms with van der Waals surface area (Å²) in [5.74, 6) is 0.200. The molecule has 1 heterocycles. The summed E-state index contributed by atoms with van der Waals surface area (Å²) in [6.45, 7) is 2.80. The van der Waals surface area contributed by atoms with Crippen molar-refractivity contribution in [2.45, 2.75) is 45.8 Å². The number of nitrogens with one attached hydrogen (secondary N) is 1. The molecule has 0 bridgehead atoms. The number of halogens is 1. The smallest absolute Gasteiger partial charge is 0.227 e. The van der Waals surface area contributed by atoms with Gasteiger partial charge in [0.1, 0.15) is 0 Å². The molecule has 0 saturated heterocycles. The van der Waals surface area contributed by atoms with Crippen LogP contribution in [0.4, 0.5) is 5.69 Å². The second kappa shape index (κ2) is 7.98. The molecule has 2 aromatic carbocycles. The predicted molar refractivity (Wildman–Crippen MR) is 114 cm³/mol. The Morgan fingerprint density at radius 3 is 2.71 bits per heavy atom. The van der Waals surface area contributed by atoms with E-state index in [1.807, 2.05) is 18.2 Å². The third kappa shape index (κ3) is 3.67. The zero-order chi connectivity index (χ0) is 20.4.